The van der Waals surface area contributed by atoms with Gasteiger partial charge in [-0.25, -0.2) is 4.79 Å². The van der Waals surface area contributed by atoms with Gasteiger partial charge in [-0.2, -0.15) is 0 Å². The van der Waals surface area contributed by atoms with Crippen molar-refractivity contribution in [3.05, 3.63) is 12.2 Å². The van der Waals surface area contributed by atoms with Gasteiger partial charge in [0.2, 0.25) is 0 Å². The van der Waals surface area contributed by atoms with Crippen LogP contribution in [0.4, 0.5) is 0 Å². The molecular weight excluding hydrogens is 291 g/mol. The Hall–Kier alpha value is -0.0600. The van der Waals surface area contributed by atoms with Crippen LogP contribution in [0.1, 0.15) is 32.6 Å². The number of esters is 1. The molecule has 0 saturated heterocycles. The van der Waals surface area contributed by atoms with E-state index in [9.17, 15) is 4.79 Å². The summed E-state index contributed by atoms with van der Waals surface area (Å²) in [6.45, 7) is 5.32. The smallest absolute Gasteiger partial charge is 0.334 e. The first-order chi connectivity index (χ1) is 6.51. The Morgan fingerprint density at radius 1 is 1.57 bits per heavy atom. The Balaban J connectivity index is 2.04. The highest BCUT2D eigenvalue weighted by Crippen LogP contribution is 2.56. The van der Waals surface area contributed by atoms with E-state index < -0.39 is 0 Å². The molecule has 0 aliphatic heterocycles. The van der Waals surface area contributed by atoms with E-state index in [1.165, 1.54) is 19.3 Å². The van der Waals surface area contributed by atoms with Gasteiger partial charge in [-0.1, -0.05) is 6.58 Å². The van der Waals surface area contributed by atoms with Crippen LogP contribution in [-0.4, -0.2) is 9.58 Å². The molecule has 3 heteroatoms. The number of hydrogen-bond donors (Lipinski definition) is 0. The van der Waals surface area contributed by atoms with Crippen LogP contribution >= 0.6 is 22.6 Å². The lowest BCUT2D eigenvalue weighted by atomic mass is 9.97. The molecule has 2 aliphatic carbocycles. The number of alkyl halides is 1. The van der Waals surface area contributed by atoms with Gasteiger partial charge in [-0.3, -0.25) is 0 Å². The maximum atomic E-state index is 11.5. The fourth-order valence-electron chi connectivity index (χ4n) is 2.58. The van der Waals surface area contributed by atoms with Gasteiger partial charge >= 0.3 is 5.97 Å². The third kappa shape index (κ3) is 1.71. The van der Waals surface area contributed by atoms with Crippen molar-refractivity contribution < 1.29 is 9.53 Å². The van der Waals surface area contributed by atoms with Crippen LogP contribution in [0.2, 0.25) is 0 Å². The summed E-state index contributed by atoms with van der Waals surface area (Å²) in [5.74, 6) is 1.14. The fraction of sp³-hybridized carbons (Fsp3) is 0.727. The largest absolute Gasteiger partial charge is 0.445 e. The van der Waals surface area contributed by atoms with E-state index in [0.29, 0.717) is 11.5 Å². The number of rotatable bonds is 2. The van der Waals surface area contributed by atoms with Crippen LogP contribution in [0.3, 0.4) is 0 Å². The van der Waals surface area contributed by atoms with Crippen LogP contribution < -0.4 is 0 Å². The number of halogens is 1. The monoisotopic (exact) mass is 306 g/mol. The Labute approximate surface area is 98.2 Å². The van der Waals surface area contributed by atoms with E-state index in [0.717, 1.165) is 12.3 Å². The van der Waals surface area contributed by atoms with Crippen LogP contribution in [0, 0.1) is 11.8 Å². The molecule has 0 heterocycles. The SMILES string of the molecule is C=C(C)C(=O)OC1(I)CC2CCC1C2. The lowest BCUT2D eigenvalue weighted by Crippen LogP contribution is -2.34. The lowest BCUT2D eigenvalue weighted by molar-refractivity contribution is -0.148. The van der Waals surface area contributed by atoms with Gasteiger partial charge in [-0.15, -0.1) is 0 Å². The molecule has 3 unspecified atom stereocenters. The number of ether oxygens (including phenoxy) is 1. The van der Waals surface area contributed by atoms with Gasteiger partial charge < -0.3 is 4.74 Å². The molecule has 14 heavy (non-hydrogen) atoms. The zero-order valence-corrected chi connectivity index (χ0v) is 10.5. The Kier molecular flexibility index (Phi) is 2.62. The van der Waals surface area contributed by atoms with Gasteiger partial charge in [0.05, 0.1) is 0 Å². The van der Waals surface area contributed by atoms with Crippen molar-refractivity contribution in [1.29, 1.82) is 0 Å². The minimum Gasteiger partial charge on any atom is -0.445 e. The van der Waals surface area contributed by atoms with Crippen molar-refractivity contribution in [2.45, 2.75) is 36.2 Å². The highest BCUT2D eigenvalue weighted by Gasteiger charge is 2.52. The van der Waals surface area contributed by atoms with E-state index in [-0.39, 0.29) is 9.58 Å². The Bertz CT molecular complexity index is 287. The van der Waals surface area contributed by atoms with Crippen molar-refractivity contribution in [2.24, 2.45) is 11.8 Å². The fourth-order valence-corrected chi connectivity index (χ4v) is 3.97. The Morgan fingerprint density at radius 3 is 2.71 bits per heavy atom. The van der Waals surface area contributed by atoms with Crippen molar-refractivity contribution in [3.63, 3.8) is 0 Å². The maximum absolute atomic E-state index is 11.5. The third-order valence-electron chi connectivity index (χ3n) is 3.33. The first kappa shape index (κ1) is 10.5. The summed E-state index contributed by atoms with van der Waals surface area (Å²) < 4.78 is 5.32. The molecule has 0 radical (unpaired) electrons. The van der Waals surface area contributed by atoms with E-state index in [1.54, 1.807) is 6.92 Å². The van der Waals surface area contributed by atoms with Gasteiger partial charge in [0.1, 0.15) is 0 Å². The van der Waals surface area contributed by atoms with Gasteiger partial charge in [-0.05, 0) is 61.1 Å². The number of carbonyl (C=O) groups excluding carboxylic acids is 1. The standard InChI is InChI=1S/C11H15IO2/c1-7(2)10(13)14-11(12)6-8-3-4-9(11)5-8/h8-9H,1,3-6H2,2H3. The van der Waals surface area contributed by atoms with E-state index in [2.05, 4.69) is 29.2 Å². The summed E-state index contributed by atoms with van der Waals surface area (Å²) in [5.41, 5.74) is 0.504. The van der Waals surface area contributed by atoms with E-state index >= 15 is 0 Å². The molecule has 78 valence electrons. The van der Waals surface area contributed by atoms with Crippen LogP contribution in [0.15, 0.2) is 12.2 Å². The molecule has 0 aromatic carbocycles. The minimum absolute atomic E-state index is 0.225. The first-order valence-electron chi connectivity index (χ1n) is 5.09. The first-order valence-corrected chi connectivity index (χ1v) is 6.17. The molecule has 2 nitrogen and oxygen atoms in total. The Morgan fingerprint density at radius 2 is 2.29 bits per heavy atom. The molecule has 2 aliphatic rings. The number of fused-ring (bicyclic) bond motifs is 2. The maximum Gasteiger partial charge on any atom is 0.334 e. The molecule has 2 fully saturated rings. The van der Waals surface area contributed by atoms with Crippen LogP contribution in [-0.2, 0) is 9.53 Å². The predicted molar refractivity (Wildman–Crippen MR) is 63.1 cm³/mol. The summed E-state index contributed by atoms with van der Waals surface area (Å²) in [6.07, 6.45) is 4.82. The number of carbonyl (C=O) groups is 1. The third-order valence-corrected chi connectivity index (χ3v) is 4.87. The van der Waals surface area contributed by atoms with Gasteiger partial charge in [0.25, 0.3) is 0 Å². The van der Waals surface area contributed by atoms with E-state index in [1.807, 2.05) is 0 Å². The summed E-state index contributed by atoms with van der Waals surface area (Å²) in [6, 6.07) is 0. The average Bonchev–Trinajstić information content (AvgIpc) is 2.62. The molecule has 0 aromatic heterocycles. The molecule has 3 atom stereocenters. The molecular formula is C11H15IO2. The van der Waals surface area contributed by atoms with Crippen molar-refractivity contribution in [3.8, 4) is 0 Å². The second-order valence-electron chi connectivity index (χ2n) is 4.54. The second kappa shape index (κ2) is 3.51. The topological polar surface area (TPSA) is 26.3 Å². The molecule has 0 aromatic rings. The average molecular weight is 306 g/mol. The molecule has 0 amide bonds. The molecule has 0 N–H and O–H groups in total. The highest BCUT2D eigenvalue weighted by molar-refractivity contribution is 14.1. The summed E-state index contributed by atoms with van der Waals surface area (Å²) in [5, 5.41) is 0. The number of hydrogen-bond acceptors (Lipinski definition) is 2. The van der Waals surface area contributed by atoms with Crippen LogP contribution in [0.5, 0.6) is 0 Å². The normalized spacial score (nSPS) is 39.9. The zero-order chi connectivity index (χ0) is 10.3. The predicted octanol–water partition coefficient (Wildman–Crippen LogP) is 3.06. The quantitative estimate of drug-likeness (QED) is 0.339. The highest BCUT2D eigenvalue weighted by atomic mass is 127. The minimum atomic E-state index is -0.230. The molecule has 2 bridgehead atoms. The summed E-state index contributed by atoms with van der Waals surface area (Å²) in [4.78, 5) is 11.5. The van der Waals surface area contributed by atoms with Gasteiger partial charge in [0, 0.05) is 11.5 Å². The summed E-state index contributed by atoms with van der Waals surface area (Å²) in [7, 11) is 0. The van der Waals surface area contributed by atoms with Gasteiger partial charge in [0.15, 0.2) is 3.61 Å². The lowest BCUT2D eigenvalue weighted by Gasteiger charge is -2.31. The second-order valence-corrected chi connectivity index (χ2v) is 6.36. The van der Waals surface area contributed by atoms with Crippen LogP contribution in [0.25, 0.3) is 0 Å². The molecule has 2 rings (SSSR count). The molecule has 0 spiro atoms. The zero-order valence-electron chi connectivity index (χ0n) is 8.38. The molecule has 2 saturated carbocycles. The van der Waals surface area contributed by atoms with Crippen molar-refractivity contribution >= 4 is 28.6 Å². The van der Waals surface area contributed by atoms with Crippen molar-refractivity contribution in [2.75, 3.05) is 0 Å². The summed E-state index contributed by atoms with van der Waals surface area (Å²) >= 11 is 2.32. The van der Waals surface area contributed by atoms with Crippen molar-refractivity contribution in [1.82, 2.24) is 0 Å². The van der Waals surface area contributed by atoms with E-state index in [4.69, 9.17) is 4.74 Å².